The first kappa shape index (κ1) is 14.6. The first-order chi connectivity index (χ1) is 10.6. The highest BCUT2D eigenvalue weighted by molar-refractivity contribution is 6.30. The van der Waals surface area contributed by atoms with Crippen molar-refractivity contribution in [1.29, 1.82) is 0 Å². The monoisotopic (exact) mass is 320 g/mol. The van der Waals surface area contributed by atoms with Gasteiger partial charge in [-0.15, -0.1) is 0 Å². The van der Waals surface area contributed by atoms with Gasteiger partial charge >= 0.3 is 0 Å². The van der Waals surface area contributed by atoms with E-state index in [1.54, 1.807) is 12.1 Å². The zero-order chi connectivity index (χ0) is 15.4. The van der Waals surface area contributed by atoms with Crippen LogP contribution >= 0.6 is 11.6 Å². The molecule has 1 aromatic carbocycles. The average molecular weight is 321 g/mol. The Morgan fingerprint density at radius 2 is 1.50 bits per heavy atom. The average Bonchev–Trinajstić information content (AvgIpc) is 3.15. The van der Waals surface area contributed by atoms with E-state index < -0.39 is 5.67 Å². The first-order valence-corrected chi connectivity index (χ1v) is 7.09. The lowest BCUT2D eigenvalue weighted by atomic mass is 9.96. The largest absolute Gasteiger partial charge is 0.250 e. The molecule has 22 heavy (non-hydrogen) atoms. The molecule has 0 saturated carbocycles. The molecule has 0 amide bonds. The Morgan fingerprint density at radius 3 is 1.95 bits per heavy atom. The van der Waals surface area contributed by atoms with Gasteiger partial charge in [0.05, 0.1) is 13.1 Å². The fourth-order valence-electron chi connectivity index (χ4n) is 2.34. The molecule has 0 radical (unpaired) electrons. The summed E-state index contributed by atoms with van der Waals surface area (Å²) in [4.78, 5) is 7.71. The Hall–Kier alpha value is -2.28. The number of hydrogen-bond acceptors (Lipinski definition) is 4. The standard InChI is InChI=1S/C14H14ClFN6/c15-13-3-1-12(2-4-13)5-14(16,6-21-10-17-8-19-21)7-22-11-18-9-20-22/h1-4,8-11H,5-7H2. The summed E-state index contributed by atoms with van der Waals surface area (Å²) in [6.45, 7) is 0.158. The molecule has 0 atom stereocenters. The maximum Gasteiger partial charge on any atom is 0.154 e. The number of hydrogen-bond donors (Lipinski definition) is 0. The molecule has 0 aliphatic rings. The van der Waals surface area contributed by atoms with E-state index in [0.717, 1.165) is 5.56 Å². The molecule has 0 bridgehead atoms. The molecule has 114 valence electrons. The minimum Gasteiger partial charge on any atom is -0.250 e. The van der Waals surface area contributed by atoms with E-state index in [1.807, 2.05) is 12.1 Å². The van der Waals surface area contributed by atoms with Crippen LogP contribution in [0.25, 0.3) is 0 Å². The molecular formula is C14H14ClFN6. The summed E-state index contributed by atoms with van der Waals surface area (Å²) >= 11 is 5.87. The number of aromatic nitrogens is 6. The van der Waals surface area contributed by atoms with E-state index in [2.05, 4.69) is 20.2 Å². The lowest BCUT2D eigenvalue weighted by Crippen LogP contribution is -2.37. The van der Waals surface area contributed by atoms with Crippen LogP contribution in [-0.4, -0.2) is 35.2 Å². The lowest BCUT2D eigenvalue weighted by Gasteiger charge is -2.25. The minimum absolute atomic E-state index is 0.0789. The van der Waals surface area contributed by atoms with Crippen LogP contribution < -0.4 is 0 Å². The van der Waals surface area contributed by atoms with Gasteiger partial charge in [0.15, 0.2) is 5.67 Å². The lowest BCUT2D eigenvalue weighted by molar-refractivity contribution is 0.102. The number of alkyl halides is 1. The SMILES string of the molecule is FC(Cc1ccc(Cl)cc1)(Cn1cncn1)Cn1cncn1. The molecule has 3 rings (SSSR count). The summed E-state index contributed by atoms with van der Waals surface area (Å²) in [6, 6.07) is 7.14. The van der Waals surface area contributed by atoms with Gasteiger partial charge in [-0.05, 0) is 17.7 Å². The van der Waals surface area contributed by atoms with Crippen molar-refractivity contribution in [2.24, 2.45) is 0 Å². The molecule has 0 aliphatic carbocycles. The quantitative estimate of drug-likeness (QED) is 0.698. The number of benzene rings is 1. The fourth-order valence-corrected chi connectivity index (χ4v) is 2.47. The maximum absolute atomic E-state index is 15.5. The summed E-state index contributed by atoms with van der Waals surface area (Å²) in [5.41, 5.74) is -0.720. The molecule has 3 aromatic rings. The van der Waals surface area contributed by atoms with Gasteiger partial charge in [-0.3, -0.25) is 0 Å². The molecule has 0 unspecified atom stereocenters. The Balaban J connectivity index is 1.82. The second kappa shape index (κ2) is 6.23. The van der Waals surface area contributed by atoms with Crippen LogP contribution in [0.2, 0.25) is 5.02 Å². The van der Waals surface area contributed by atoms with Crippen LogP contribution in [0.4, 0.5) is 4.39 Å². The highest BCUT2D eigenvalue weighted by Crippen LogP contribution is 2.23. The highest BCUT2D eigenvalue weighted by atomic mass is 35.5. The molecule has 2 heterocycles. The molecular weight excluding hydrogens is 307 g/mol. The van der Waals surface area contributed by atoms with Crippen molar-refractivity contribution < 1.29 is 4.39 Å². The van der Waals surface area contributed by atoms with E-state index in [0.29, 0.717) is 5.02 Å². The Bertz CT molecular complexity index is 659. The third-order valence-electron chi connectivity index (χ3n) is 3.26. The van der Waals surface area contributed by atoms with Crippen LogP contribution in [0.1, 0.15) is 5.56 Å². The zero-order valence-corrected chi connectivity index (χ0v) is 12.4. The van der Waals surface area contributed by atoms with E-state index in [-0.39, 0.29) is 19.5 Å². The molecule has 2 aromatic heterocycles. The van der Waals surface area contributed by atoms with Crippen molar-refractivity contribution in [3.05, 3.63) is 60.2 Å². The van der Waals surface area contributed by atoms with Gasteiger partial charge in [0.1, 0.15) is 25.3 Å². The predicted molar refractivity (Wildman–Crippen MR) is 79.0 cm³/mol. The van der Waals surface area contributed by atoms with E-state index in [1.165, 1.54) is 34.7 Å². The number of halogens is 2. The van der Waals surface area contributed by atoms with Crippen molar-refractivity contribution in [3.8, 4) is 0 Å². The zero-order valence-electron chi connectivity index (χ0n) is 11.7. The van der Waals surface area contributed by atoms with Gasteiger partial charge < -0.3 is 0 Å². The van der Waals surface area contributed by atoms with Crippen LogP contribution in [0.5, 0.6) is 0 Å². The van der Waals surface area contributed by atoms with Gasteiger partial charge in [-0.2, -0.15) is 10.2 Å². The van der Waals surface area contributed by atoms with Crippen molar-refractivity contribution in [1.82, 2.24) is 29.5 Å². The first-order valence-electron chi connectivity index (χ1n) is 6.71. The number of rotatable bonds is 6. The van der Waals surface area contributed by atoms with Crippen LogP contribution in [0.15, 0.2) is 49.6 Å². The topological polar surface area (TPSA) is 61.4 Å². The summed E-state index contributed by atoms with van der Waals surface area (Å²) in [7, 11) is 0. The van der Waals surface area contributed by atoms with Gasteiger partial charge in [-0.25, -0.2) is 23.7 Å². The normalized spacial score (nSPS) is 11.7. The van der Waals surface area contributed by atoms with Gasteiger partial charge in [0, 0.05) is 11.4 Å². The van der Waals surface area contributed by atoms with Gasteiger partial charge in [0.25, 0.3) is 0 Å². The second-order valence-electron chi connectivity index (χ2n) is 5.14. The maximum atomic E-state index is 15.5. The van der Waals surface area contributed by atoms with Crippen LogP contribution in [-0.2, 0) is 19.5 Å². The van der Waals surface area contributed by atoms with Crippen molar-refractivity contribution >= 4 is 11.6 Å². The third-order valence-corrected chi connectivity index (χ3v) is 3.51. The Kier molecular flexibility index (Phi) is 4.15. The van der Waals surface area contributed by atoms with Gasteiger partial charge in [0.2, 0.25) is 0 Å². The fraction of sp³-hybridized carbons (Fsp3) is 0.286. The van der Waals surface area contributed by atoms with Crippen LogP contribution in [0, 0.1) is 0 Å². The summed E-state index contributed by atoms with van der Waals surface area (Å²) in [5, 5.41) is 8.60. The highest BCUT2D eigenvalue weighted by Gasteiger charge is 2.32. The Morgan fingerprint density at radius 1 is 0.955 bits per heavy atom. The van der Waals surface area contributed by atoms with Gasteiger partial charge in [-0.1, -0.05) is 23.7 Å². The molecule has 0 fully saturated rings. The summed E-state index contributed by atoms with van der Waals surface area (Å²) in [6.07, 6.45) is 5.98. The molecule has 0 N–H and O–H groups in total. The summed E-state index contributed by atoms with van der Waals surface area (Å²) < 4.78 is 18.5. The molecule has 6 nitrogen and oxygen atoms in total. The molecule has 8 heteroatoms. The van der Waals surface area contributed by atoms with E-state index in [4.69, 9.17) is 11.6 Å². The molecule has 0 aliphatic heterocycles. The smallest absolute Gasteiger partial charge is 0.154 e. The van der Waals surface area contributed by atoms with Crippen molar-refractivity contribution in [2.75, 3.05) is 0 Å². The molecule has 0 spiro atoms. The molecule has 0 saturated heterocycles. The predicted octanol–water partition coefficient (Wildman–Crippen LogP) is 2.17. The number of nitrogens with zero attached hydrogens (tertiary/aromatic N) is 6. The van der Waals surface area contributed by atoms with Crippen molar-refractivity contribution in [2.45, 2.75) is 25.2 Å². The van der Waals surface area contributed by atoms with Crippen molar-refractivity contribution in [3.63, 3.8) is 0 Å². The van der Waals surface area contributed by atoms with E-state index in [9.17, 15) is 0 Å². The minimum atomic E-state index is -1.57. The van der Waals surface area contributed by atoms with E-state index >= 15 is 4.39 Å². The Labute approximate surface area is 131 Å². The summed E-state index contributed by atoms with van der Waals surface area (Å²) in [5.74, 6) is 0. The second-order valence-corrected chi connectivity index (χ2v) is 5.58. The third kappa shape index (κ3) is 3.67. The van der Waals surface area contributed by atoms with Crippen LogP contribution in [0.3, 0.4) is 0 Å².